The number of nitrogens with zero attached hydrogens (tertiary/aromatic N) is 2. The highest BCUT2D eigenvalue weighted by Crippen LogP contribution is 2.13. The van der Waals surface area contributed by atoms with Crippen molar-refractivity contribution in [1.82, 2.24) is 9.80 Å². The molecule has 0 aliphatic carbocycles. The molecule has 1 fully saturated rings. The third-order valence-corrected chi connectivity index (χ3v) is 4.12. The average molecular weight is 321 g/mol. The van der Waals surface area contributed by atoms with Crippen molar-refractivity contribution in [3.8, 4) is 0 Å². The van der Waals surface area contributed by atoms with Crippen molar-refractivity contribution in [2.75, 3.05) is 26.2 Å². The SMILES string of the molecule is CCCC(N)C(=O)N1CCCN(C(=O)c2ccccc2F)CC1. The van der Waals surface area contributed by atoms with Crippen molar-refractivity contribution < 1.29 is 14.0 Å². The van der Waals surface area contributed by atoms with Crippen LogP contribution in [0.25, 0.3) is 0 Å². The predicted molar refractivity (Wildman–Crippen MR) is 86.4 cm³/mol. The Kier molecular flexibility index (Phi) is 6.10. The van der Waals surface area contributed by atoms with Crippen molar-refractivity contribution in [2.45, 2.75) is 32.2 Å². The van der Waals surface area contributed by atoms with Crippen LogP contribution in [0.4, 0.5) is 4.39 Å². The Morgan fingerprint density at radius 1 is 1.17 bits per heavy atom. The monoisotopic (exact) mass is 321 g/mol. The molecule has 23 heavy (non-hydrogen) atoms. The lowest BCUT2D eigenvalue weighted by molar-refractivity contribution is -0.132. The summed E-state index contributed by atoms with van der Waals surface area (Å²) in [4.78, 5) is 28.0. The molecule has 5 nitrogen and oxygen atoms in total. The van der Waals surface area contributed by atoms with Gasteiger partial charge in [0.25, 0.3) is 5.91 Å². The van der Waals surface area contributed by atoms with Crippen molar-refractivity contribution >= 4 is 11.8 Å². The first-order valence-corrected chi connectivity index (χ1v) is 8.12. The summed E-state index contributed by atoms with van der Waals surface area (Å²) >= 11 is 0. The van der Waals surface area contributed by atoms with E-state index in [4.69, 9.17) is 5.73 Å². The average Bonchev–Trinajstić information content (AvgIpc) is 2.80. The molecule has 1 aliphatic heterocycles. The number of rotatable bonds is 4. The van der Waals surface area contributed by atoms with Crippen molar-refractivity contribution in [2.24, 2.45) is 5.73 Å². The van der Waals surface area contributed by atoms with Crippen LogP contribution in [0, 0.1) is 5.82 Å². The molecule has 0 spiro atoms. The van der Waals surface area contributed by atoms with Crippen LogP contribution in [-0.2, 0) is 4.79 Å². The van der Waals surface area contributed by atoms with Gasteiger partial charge in [-0.2, -0.15) is 0 Å². The number of halogens is 1. The second kappa shape index (κ2) is 8.06. The molecule has 1 unspecified atom stereocenters. The van der Waals surface area contributed by atoms with E-state index in [1.807, 2.05) is 6.92 Å². The first kappa shape index (κ1) is 17.4. The van der Waals surface area contributed by atoms with Crippen LogP contribution in [0.3, 0.4) is 0 Å². The molecular formula is C17H24FN3O2. The molecule has 1 aliphatic rings. The van der Waals surface area contributed by atoms with Gasteiger partial charge in [0.2, 0.25) is 5.91 Å². The molecule has 1 aromatic rings. The van der Waals surface area contributed by atoms with Gasteiger partial charge in [0.15, 0.2) is 0 Å². The van der Waals surface area contributed by atoms with Crippen molar-refractivity contribution in [3.63, 3.8) is 0 Å². The predicted octanol–water partition coefficient (Wildman–Crippen LogP) is 1.63. The quantitative estimate of drug-likeness (QED) is 0.916. The number of hydrogen-bond acceptors (Lipinski definition) is 3. The number of nitrogens with two attached hydrogens (primary N) is 1. The molecule has 0 aromatic heterocycles. The van der Waals surface area contributed by atoms with Crippen LogP contribution in [0.1, 0.15) is 36.5 Å². The lowest BCUT2D eigenvalue weighted by Crippen LogP contribution is -2.45. The van der Waals surface area contributed by atoms with Gasteiger partial charge in [-0.15, -0.1) is 0 Å². The molecule has 1 heterocycles. The van der Waals surface area contributed by atoms with Gasteiger partial charge in [-0.05, 0) is 25.0 Å². The lowest BCUT2D eigenvalue weighted by atomic mass is 10.1. The Balaban J connectivity index is 2.00. The molecule has 126 valence electrons. The van der Waals surface area contributed by atoms with E-state index in [-0.39, 0.29) is 17.4 Å². The molecule has 2 amide bonds. The molecule has 2 rings (SSSR count). The summed E-state index contributed by atoms with van der Waals surface area (Å²) in [5.74, 6) is -0.901. The van der Waals surface area contributed by atoms with Gasteiger partial charge in [-0.3, -0.25) is 9.59 Å². The zero-order chi connectivity index (χ0) is 16.8. The van der Waals surface area contributed by atoms with E-state index in [1.165, 1.54) is 12.1 Å². The summed E-state index contributed by atoms with van der Waals surface area (Å²) in [6.07, 6.45) is 2.19. The molecule has 2 N–H and O–H groups in total. The van der Waals surface area contributed by atoms with Crippen LogP contribution < -0.4 is 5.73 Å². The van der Waals surface area contributed by atoms with Crippen LogP contribution in [0.15, 0.2) is 24.3 Å². The van der Waals surface area contributed by atoms with E-state index in [2.05, 4.69) is 0 Å². The normalized spacial score (nSPS) is 16.8. The zero-order valence-corrected chi connectivity index (χ0v) is 13.5. The van der Waals surface area contributed by atoms with Crippen LogP contribution in [-0.4, -0.2) is 53.8 Å². The largest absolute Gasteiger partial charge is 0.340 e. The van der Waals surface area contributed by atoms with E-state index >= 15 is 0 Å². The second-order valence-corrected chi connectivity index (χ2v) is 5.85. The van der Waals surface area contributed by atoms with E-state index in [9.17, 15) is 14.0 Å². The van der Waals surface area contributed by atoms with E-state index in [1.54, 1.807) is 21.9 Å². The van der Waals surface area contributed by atoms with E-state index in [0.29, 0.717) is 39.0 Å². The standard InChI is InChI=1S/C17H24FN3O2/c1-2-6-15(19)17(23)21-10-5-9-20(11-12-21)16(22)13-7-3-4-8-14(13)18/h3-4,7-8,15H,2,5-6,9-12,19H2,1H3. The highest BCUT2D eigenvalue weighted by molar-refractivity contribution is 5.94. The molecule has 1 atom stereocenters. The minimum absolute atomic E-state index is 0.0629. The highest BCUT2D eigenvalue weighted by Gasteiger charge is 2.26. The van der Waals surface area contributed by atoms with Crippen molar-refractivity contribution in [1.29, 1.82) is 0 Å². The van der Waals surface area contributed by atoms with Crippen LogP contribution >= 0.6 is 0 Å². The summed E-state index contributed by atoms with van der Waals surface area (Å²) in [5.41, 5.74) is 5.97. The number of benzene rings is 1. The number of carbonyl (C=O) groups is 2. The fraction of sp³-hybridized carbons (Fsp3) is 0.529. The topological polar surface area (TPSA) is 66.6 Å². The Morgan fingerprint density at radius 2 is 1.83 bits per heavy atom. The maximum atomic E-state index is 13.8. The van der Waals surface area contributed by atoms with Gasteiger partial charge in [-0.1, -0.05) is 25.5 Å². The molecule has 1 saturated heterocycles. The first-order valence-electron chi connectivity index (χ1n) is 8.12. The lowest BCUT2D eigenvalue weighted by Gasteiger charge is -2.24. The van der Waals surface area contributed by atoms with E-state index in [0.717, 1.165) is 6.42 Å². The fourth-order valence-electron chi connectivity index (χ4n) is 2.81. The Hall–Kier alpha value is -1.95. The van der Waals surface area contributed by atoms with Crippen LogP contribution in [0.5, 0.6) is 0 Å². The van der Waals surface area contributed by atoms with Gasteiger partial charge in [-0.25, -0.2) is 4.39 Å². The number of amides is 2. The molecule has 0 radical (unpaired) electrons. The summed E-state index contributed by atoms with van der Waals surface area (Å²) in [6.45, 7) is 3.93. The molecule has 0 saturated carbocycles. The summed E-state index contributed by atoms with van der Waals surface area (Å²) in [5, 5.41) is 0. The smallest absolute Gasteiger partial charge is 0.256 e. The Bertz CT molecular complexity index is 565. The molecular weight excluding hydrogens is 297 g/mol. The molecule has 0 bridgehead atoms. The van der Waals surface area contributed by atoms with Gasteiger partial charge in [0.1, 0.15) is 5.82 Å². The minimum Gasteiger partial charge on any atom is -0.340 e. The first-order chi connectivity index (χ1) is 11.0. The third-order valence-electron chi connectivity index (χ3n) is 4.12. The number of hydrogen-bond donors (Lipinski definition) is 1. The molecule has 6 heteroatoms. The van der Waals surface area contributed by atoms with E-state index < -0.39 is 11.9 Å². The summed E-state index contributed by atoms with van der Waals surface area (Å²) < 4.78 is 13.8. The van der Waals surface area contributed by atoms with Crippen molar-refractivity contribution in [3.05, 3.63) is 35.6 Å². The van der Waals surface area contributed by atoms with Gasteiger partial charge in [0.05, 0.1) is 11.6 Å². The Labute approximate surface area is 136 Å². The third kappa shape index (κ3) is 4.28. The molecule has 1 aromatic carbocycles. The number of carbonyl (C=O) groups excluding carboxylic acids is 2. The van der Waals surface area contributed by atoms with Gasteiger partial charge < -0.3 is 15.5 Å². The maximum Gasteiger partial charge on any atom is 0.256 e. The second-order valence-electron chi connectivity index (χ2n) is 5.85. The van der Waals surface area contributed by atoms with Crippen LogP contribution in [0.2, 0.25) is 0 Å². The summed E-state index contributed by atoms with van der Waals surface area (Å²) in [7, 11) is 0. The Morgan fingerprint density at radius 3 is 2.52 bits per heavy atom. The highest BCUT2D eigenvalue weighted by atomic mass is 19.1. The van der Waals surface area contributed by atoms with Gasteiger partial charge in [0, 0.05) is 26.2 Å². The minimum atomic E-state index is -0.514. The zero-order valence-electron chi connectivity index (χ0n) is 13.5. The van der Waals surface area contributed by atoms with Gasteiger partial charge >= 0.3 is 0 Å². The maximum absolute atomic E-state index is 13.8. The summed E-state index contributed by atoms with van der Waals surface area (Å²) in [6, 6.07) is 5.50. The fourth-order valence-corrected chi connectivity index (χ4v) is 2.81.